The fraction of sp³-hybridized carbons (Fsp3) is 0.500. The first kappa shape index (κ1) is 28.6. The Morgan fingerprint density at radius 1 is 1.18 bits per heavy atom. The number of ether oxygens (including phenoxy) is 4. The van der Waals surface area contributed by atoms with E-state index in [4.69, 9.17) is 24.1 Å². The molecule has 0 aromatic carbocycles. The summed E-state index contributed by atoms with van der Waals surface area (Å²) < 4.78 is 38.2. The van der Waals surface area contributed by atoms with Crippen molar-refractivity contribution in [2.75, 3.05) is 31.7 Å². The summed E-state index contributed by atoms with van der Waals surface area (Å²) in [6, 6.07) is 6.77. The SMILES string of the molecule is O=C(O)N[C@@H]1CO[C@@H]1COc1ccc2ncc(F)c(CCC34CCC(NCc5ccc6c(n5)NC(=O)CO6)(CC3)CO4)c2n1. The van der Waals surface area contributed by atoms with Gasteiger partial charge in [0, 0.05) is 23.7 Å². The molecule has 1 saturated carbocycles. The van der Waals surface area contributed by atoms with Gasteiger partial charge in [-0.3, -0.25) is 9.78 Å². The van der Waals surface area contributed by atoms with Crippen LogP contribution in [0.15, 0.2) is 30.5 Å². The van der Waals surface area contributed by atoms with Crippen LogP contribution in [0.1, 0.15) is 43.4 Å². The van der Waals surface area contributed by atoms with Crippen molar-refractivity contribution < 1.29 is 38.0 Å². The first-order chi connectivity index (χ1) is 21.3. The number of aromatic nitrogens is 3. The van der Waals surface area contributed by atoms with E-state index in [1.165, 1.54) is 6.20 Å². The van der Waals surface area contributed by atoms with E-state index in [0.29, 0.717) is 60.0 Å². The molecule has 3 aromatic heterocycles. The minimum absolute atomic E-state index is 0.00327. The van der Waals surface area contributed by atoms with Crippen LogP contribution in [0.2, 0.25) is 0 Å². The smallest absolute Gasteiger partial charge is 0.405 e. The van der Waals surface area contributed by atoms with Gasteiger partial charge in [0.15, 0.2) is 18.2 Å². The second kappa shape index (κ2) is 11.4. The van der Waals surface area contributed by atoms with E-state index in [0.717, 1.165) is 31.4 Å². The maximum absolute atomic E-state index is 15.1. The number of pyridine rings is 3. The summed E-state index contributed by atoms with van der Waals surface area (Å²) in [6.45, 7) is 1.48. The van der Waals surface area contributed by atoms with E-state index in [1.807, 2.05) is 12.1 Å². The molecule has 4 N–H and O–H groups in total. The van der Waals surface area contributed by atoms with Crippen molar-refractivity contribution in [1.82, 2.24) is 25.6 Å². The third-order valence-electron chi connectivity index (χ3n) is 9.16. The molecule has 4 fully saturated rings. The van der Waals surface area contributed by atoms with Gasteiger partial charge in [0.05, 0.1) is 47.8 Å². The fourth-order valence-corrected chi connectivity index (χ4v) is 6.40. The zero-order valence-corrected chi connectivity index (χ0v) is 23.9. The Balaban J connectivity index is 0.967. The minimum Gasteiger partial charge on any atom is -0.480 e. The Morgan fingerprint density at radius 2 is 2.05 bits per heavy atom. The Labute approximate surface area is 251 Å². The van der Waals surface area contributed by atoms with Crippen LogP contribution in [0.4, 0.5) is 15.0 Å². The highest BCUT2D eigenvalue weighted by molar-refractivity contribution is 5.94. The molecule has 2 bridgehead atoms. The zero-order valence-electron chi connectivity index (χ0n) is 23.9. The highest BCUT2D eigenvalue weighted by Gasteiger charge is 2.49. The van der Waals surface area contributed by atoms with Crippen molar-refractivity contribution in [3.05, 3.63) is 47.5 Å². The van der Waals surface area contributed by atoms with Gasteiger partial charge in [-0.25, -0.2) is 19.2 Å². The van der Waals surface area contributed by atoms with E-state index >= 15 is 4.39 Å². The maximum atomic E-state index is 15.1. The largest absolute Gasteiger partial charge is 0.480 e. The standard InChI is InChI=1S/C30H33FN6O7/c31-19-12-32-20-2-4-25(43-14-23-21(13-41-23)35-28(39)40)37-26(20)18(19)5-6-30-9-7-29(8-10-30,16-44-30)33-11-17-1-3-22-27(34-17)36-24(38)15-42-22/h1-4,12,21,23,33,35H,5-11,13-16H2,(H,39,40)(H,34,36,38)/t21-,23-,29?,30?/m1/s1. The third kappa shape index (κ3) is 5.72. The second-order valence-electron chi connectivity index (χ2n) is 11.9. The molecule has 1 aliphatic carbocycles. The van der Waals surface area contributed by atoms with Gasteiger partial charge in [0.25, 0.3) is 5.91 Å². The highest BCUT2D eigenvalue weighted by Crippen LogP contribution is 2.46. The Bertz CT molecular complexity index is 1580. The predicted molar refractivity (Wildman–Crippen MR) is 153 cm³/mol. The number of rotatable bonds is 10. The monoisotopic (exact) mass is 608 g/mol. The number of nitrogens with one attached hydrogen (secondary N) is 3. The van der Waals surface area contributed by atoms with Crippen LogP contribution in [-0.4, -0.2) is 81.8 Å². The van der Waals surface area contributed by atoms with Crippen molar-refractivity contribution in [1.29, 1.82) is 0 Å². The molecule has 14 heteroatoms. The molecule has 8 rings (SSSR count). The van der Waals surface area contributed by atoms with Gasteiger partial charge in [-0.05, 0) is 56.7 Å². The van der Waals surface area contributed by atoms with Gasteiger partial charge in [0.2, 0.25) is 5.88 Å². The predicted octanol–water partition coefficient (Wildman–Crippen LogP) is 2.71. The average Bonchev–Trinajstić information content (AvgIpc) is 3.02. The Kier molecular flexibility index (Phi) is 7.42. The average molecular weight is 609 g/mol. The summed E-state index contributed by atoms with van der Waals surface area (Å²) >= 11 is 0. The number of carbonyl (C=O) groups excluding carboxylic acids is 1. The van der Waals surface area contributed by atoms with Crippen LogP contribution in [0.25, 0.3) is 11.0 Å². The molecule has 0 unspecified atom stereocenters. The number of hydrogen-bond acceptors (Lipinski definition) is 10. The number of aryl methyl sites for hydroxylation is 1. The summed E-state index contributed by atoms with van der Waals surface area (Å²) in [5, 5.41) is 17.7. The number of carbonyl (C=O) groups is 2. The topological polar surface area (TPSA) is 166 Å². The van der Waals surface area contributed by atoms with Crippen molar-refractivity contribution in [3.63, 3.8) is 0 Å². The van der Waals surface area contributed by atoms with Gasteiger partial charge in [0.1, 0.15) is 18.5 Å². The summed E-state index contributed by atoms with van der Waals surface area (Å²) in [5.74, 6) is 0.665. The van der Waals surface area contributed by atoms with E-state index in [2.05, 4.69) is 30.9 Å². The quantitative estimate of drug-likeness (QED) is 0.267. The molecule has 44 heavy (non-hydrogen) atoms. The van der Waals surface area contributed by atoms with Crippen molar-refractivity contribution >= 4 is 28.9 Å². The van der Waals surface area contributed by atoms with E-state index in [9.17, 15) is 9.59 Å². The normalized spacial score (nSPS) is 27.2. The van der Waals surface area contributed by atoms with Crippen LogP contribution in [0.3, 0.4) is 0 Å². The molecule has 5 aliphatic rings. The lowest BCUT2D eigenvalue weighted by Gasteiger charge is -2.53. The summed E-state index contributed by atoms with van der Waals surface area (Å²) in [5.41, 5.74) is 1.78. The molecule has 3 aromatic rings. The third-order valence-corrected chi connectivity index (χ3v) is 9.16. The lowest BCUT2D eigenvalue weighted by molar-refractivity contribution is -0.165. The molecular weight excluding hydrogens is 575 g/mol. The van der Waals surface area contributed by atoms with Gasteiger partial charge < -0.3 is 40.0 Å². The molecule has 0 radical (unpaired) electrons. The van der Waals surface area contributed by atoms with Gasteiger partial charge in [-0.15, -0.1) is 0 Å². The molecule has 2 atom stereocenters. The number of nitrogens with zero attached hydrogens (tertiary/aromatic N) is 3. The molecule has 2 amide bonds. The first-order valence-corrected chi connectivity index (χ1v) is 14.8. The molecule has 232 valence electrons. The van der Waals surface area contributed by atoms with E-state index in [-0.39, 0.29) is 42.9 Å². The lowest BCUT2D eigenvalue weighted by Crippen LogP contribution is -2.61. The first-order valence-electron chi connectivity index (χ1n) is 14.8. The number of hydrogen-bond donors (Lipinski definition) is 4. The minimum atomic E-state index is -1.12. The van der Waals surface area contributed by atoms with Crippen LogP contribution in [0, 0.1) is 5.82 Å². The summed E-state index contributed by atoms with van der Waals surface area (Å²) in [4.78, 5) is 35.9. The molecule has 4 aliphatic heterocycles. The van der Waals surface area contributed by atoms with Crippen molar-refractivity contribution in [2.45, 2.75) is 68.4 Å². The maximum Gasteiger partial charge on any atom is 0.405 e. The lowest BCUT2D eigenvalue weighted by atomic mass is 9.69. The molecule has 0 spiro atoms. The van der Waals surface area contributed by atoms with E-state index < -0.39 is 18.0 Å². The van der Waals surface area contributed by atoms with Gasteiger partial charge >= 0.3 is 6.09 Å². The number of carboxylic acid groups (broad SMARTS) is 1. The highest BCUT2D eigenvalue weighted by atomic mass is 19.1. The van der Waals surface area contributed by atoms with Crippen molar-refractivity contribution in [3.8, 4) is 11.6 Å². The second-order valence-corrected chi connectivity index (χ2v) is 11.9. The number of halogens is 1. The molecule has 3 saturated heterocycles. The fourth-order valence-electron chi connectivity index (χ4n) is 6.40. The van der Waals surface area contributed by atoms with Crippen LogP contribution in [0.5, 0.6) is 11.6 Å². The Hall–Kier alpha value is -4.14. The molecular formula is C30H33FN6O7. The van der Waals surface area contributed by atoms with Crippen LogP contribution < -0.4 is 25.4 Å². The van der Waals surface area contributed by atoms with Crippen LogP contribution in [-0.2, 0) is 27.2 Å². The Morgan fingerprint density at radius 3 is 2.80 bits per heavy atom. The zero-order chi connectivity index (χ0) is 30.3. The number of anilines is 1. The summed E-state index contributed by atoms with van der Waals surface area (Å²) in [7, 11) is 0. The molecule has 7 heterocycles. The summed E-state index contributed by atoms with van der Waals surface area (Å²) in [6.07, 6.45) is 4.32. The number of amides is 2. The van der Waals surface area contributed by atoms with Crippen molar-refractivity contribution in [2.24, 2.45) is 0 Å². The van der Waals surface area contributed by atoms with E-state index in [1.54, 1.807) is 12.1 Å². The van der Waals surface area contributed by atoms with Crippen LogP contribution >= 0.6 is 0 Å². The van der Waals surface area contributed by atoms with Gasteiger partial charge in [-0.2, -0.15) is 0 Å². The molecule has 13 nitrogen and oxygen atoms in total. The number of fused-ring (bicyclic) bond motifs is 5. The van der Waals surface area contributed by atoms with Gasteiger partial charge in [-0.1, -0.05) is 0 Å².